The molecular weight excluding hydrogens is 325 g/mol. The zero-order chi connectivity index (χ0) is 17.5. The number of nitrogens with zero attached hydrogens (tertiary/aromatic N) is 1. The third-order valence-electron chi connectivity index (χ3n) is 4.62. The van der Waals surface area contributed by atoms with Gasteiger partial charge in [-0.05, 0) is 49.9 Å². The van der Waals surface area contributed by atoms with Crippen molar-refractivity contribution in [2.45, 2.75) is 43.5 Å². The lowest BCUT2D eigenvalue weighted by molar-refractivity contribution is -0.150. The minimum absolute atomic E-state index is 0.299. The maximum absolute atomic E-state index is 12.6. The molecular formula is C16H17F3N2O3. The van der Waals surface area contributed by atoms with E-state index in [1.807, 2.05) is 0 Å². The predicted molar refractivity (Wildman–Crippen MR) is 79.1 cm³/mol. The highest BCUT2D eigenvalue weighted by molar-refractivity contribution is 6.02. The highest BCUT2D eigenvalue weighted by Gasteiger charge is 2.44. The normalized spacial score (nSPS) is 23.1. The number of aliphatic hydroxyl groups is 1. The number of rotatable bonds is 3. The molecule has 2 amide bonds. The van der Waals surface area contributed by atoms with Crippen molar-refractivity contribution in [1.29, 1.82) is 0 Å². The number of anilines is 1. The first-order valence-electron chi connectivity index (χ1n) is 7.73. The van der Waals surface area contributed by atoms with E-state index in [9.17, 15) is 27.9 Å². The van der Waals surface area contributed by atoms with E-state index in [0.29, 0.717) is 31.5 Å². The third kappa shape index (κ3) is 2.98. The summed E-state index contributed by atoms with van der Waals surface area (Å²) in [7, 11) is 0. The molecule has 1 aliphatic carbocycles. The zero-order valence-electron chi connectivity index (χ0n) is 12.8. The highest BCUT2D eigenvalue weighted by Crippen LogP contribution is 2.33. The first kappa shape index (κ1) is 16.8. The standard InChI is InChI=1S/C16H17F3N2O3/c17-16(18,19)10-2-4-11(5-3-10)21-9-6-12(13(21)22)20-14(23)15(24)7-1-8-15/h2-5,12,24H,1,6-9H2,(H,20,23). The summed E-state index contributed by atoms with van der Waals surface area (Å²) in [5.41, 5.74) is -1.82. The number of alkyl halides is 3. The lowest BCUT2D eigenvalue weighted by atomic mass is 9.79. The van der Waals surface area contributed by atoms with Crippen LogP contribution in [0.1, 0.15) is 31.2 Å². The van der Waals surface area contributed by atoms with E-state index < -0.39 is 29.3 Å². The number of hydrogen-bond donors (Lipinski definition) is 2. The molecule has 0 bridgehead atoms. The quantitative estimate of drug-likeness (QED) is 0.881. The first-order valence-corrected chi connectivity index (χ1v) is 7.73. The van der Waals surface area contributed by atoms with Gasteiger partial charge in [0.15, 0.2) is 0 Å². The average Bonchev–Trinajstić information content (AvgIpc) is 2.85. The Labute approximate surface area is 136 Å². The maximum atomic E-state index is 12.6. The number of carbonyl (C=O) groups is 2. The fourth-order valence-electron chi connectivity index (χ4n) is 2.93. The van der Waals surface area contributed by atoms with Crippen LogP contribution < -0.4 is 10.2 Å². The Kier molecular flexibility index (Phi) is 4.03. The average molecular weight is 342 g/mol. The van der Waals surface area contributed by atoms with Gasteiger partial charge in [0, 0.05) is 12.2 Å². The van der Waals surface area contributed by atoms with Crippen LogP contribution in [0.5, 0.6) is 0 Å². The van der Waals surface area contributed by atoms with Gasteiger partial charge >= 0.3 is 6.18 Å². The van der Waals surface area contributed by atoms with Crippen LogP contribution in [-0.4, -0.2) is 35.1 Å². The van der Waals surface area contributed by atoms with Crippen LogP contribution in [0.25, 0.3) is 0 Å². The molecule has 1 atom stereocenters. The van der Waals surface area contributed by atoms with E-state index in [-0.39, 0.29) is 5.91 Å². The molecule has 1 unspecified atom stereocenters. The minimum atomic E-state index is -4.43. The van der Waals surface area contributed by atoms with Crippen molar-refractivity contribution < 1.29 is 27.9 Å². The molecule has 2 aliphatic rings. The second kappa shape index (κ2) is 5.77. The summed E-state index contributed by atoms with van der Waals surface area (Å²) in [6.07, 6.45) is -2.56. The SMILES string of the molecule is O=C1C(NC(=O)C2(O)CCC2)CCN1c1ccc(C(F)(F)F)cc1. The van der Waals surface area contributed by atoms with Crippen LogP contribution in [0.4, 0.5) is 18.9 Å². The molecule has 2 N–H and O–H groups in total. The Hall–Kier alpha value is -2.09. The van der Waals surface area contributed by atoms with Gasteiger partial charge in [-0.15, -0.1) is 0 Å². The monoisotopic (exact) mass is 342 g/mol. The van der Waals surface area contributed by atoms with E-state index in [4.69, 9.17) is 0 Å². The topological polar surface area (TPSA) is 69.6 Å². The van der Waals surface area contributed by atoms with Crippen LogP contribution in [-0.2, 0) is 15.8 Å². The van der Waals surface area contributed by atoms with Gasteiger partial charge in [-0.25, -0.2) is 0 Å². The van der Waals surface area contributed by atoms with Crippen molar-refractivity contribution in [3.8, 4) is 0 Å². The second-order valence-corrected chi connectivity index (χ2v) is 6.23. The van der Waals surface area contributed by atoms with Gasteiger partial charge in [0.1, 0.15) is 11.6 Å². The molecule has 24 heavy (non-hydrogen) atoms. The number of amides is 2. The lowest BCUT2D eigenvalue weighted by Gasteiger charge is -2.35. The van der Waals surface area contributed by atoms with Crippen LogP contribution in [0.3, 0.4) is 0 Å². The van der Waals surface area contributed by atoms with Crippen LogP contribution >= 0.6 is 0 Å². The highest BCUT2D eigenvalue weighted by atomic mass is 19.4. The van der Waals surface area contributed by atoms with Gasteiger partial charge in [-0.2, -0.15) is 13.2 Å². The van der Waals surface area contributed by atoms with Crippen molar-refractivity contribution in [2.24, 2.45) is 0 Å². The molecule has 1 aromatic rings. The van der Waals surface area contributed by atoms with Crippen molar-refractivity contribution >= 4 is 17.5 Å². The summed E-state index contributed by atoms with van der Waals surface area (Å²) in [6.45, 7) is 0.299. The Bertz CT molecular complexity index is 654. The number of hydrogen-bond acceptors (Lipinski definition) is 3. The van der Waals surface area contributed by atoms with E-state index in [1.54, 1.807) is 0 Å². The number of halogens is 3. The number of carbonyl (C=O) groups excluding carboxylic acids is 2. The molecule has 130 valence electrons. The molecule has 1 aromatic carbocycles. The molecule has 2 fully saturated rings. The largest absolute Gasteiger partial charge is 0.416 e. The predicted octanol–water partition coefficient (Wildman–Crippen LogP) is 1.84. The molecule has 0 radical (unpaired) electrons. The Morgan fingerprint density at radius 3 is 2.38 bits per heavy atom. The summed E-state index contributed by atoms with van der Waals surface area (Å²) in [6, 6.07) is 3.57. The van der Waals surface area contributed by atoms with E-state index in [1.165, 1.54) is 17.0 Å². The summed E-state index contributed by atoms with van der Waals surface area (Å²) in [5, 5.41) is 12.5. The van der Waals surface area contributed by atoms with Gasteiger partial charge in [0.2, 0.25) is 5.91 Å². The molecule has 8 heteroatoms. The Morgan fingerprint density at radius 2 is 1.88 bits per heavy atom. The maximum Gasteiger partial charge on any atom is 0.416 e. The fraction of sp³-hybridized carbons (Fsp3) is 0.500. The zero-order valence-corrected chi connectivity index (χ0v) is 12.8. The smallest absolute Gasteiger partial charge is 0.380 e. The van der Waals surface area contributed by atoms with Crippen molar-refractivity contribution in [3.05, 3.63) is 29.8 Å². The molecule has 0 aromatic heterocycles. The van der Waals surface area contributed by atoms with Crippen molar-refractivity contribution in [2.75, 3.05) is 11.4 Å². The van der Waals surface area contributed by atoms with Crippen LogP contribution in [0, 0.1) is 0 Å². The van der Waals surface area contributed by atoms with Crippen LogP contribution in [0.15, 0.2) is 24.3 Å². The molecule has 1 heterocycles. The summed E-state index contributed by atoms with van der Waals surface area (Å²) in [5.74, 6) is -0.938. The number of benzene rings is 1. The van der Waals surface area contributed by atoms with Gasteiger partial charge < -0.3 is 15.3 Å². The second-order valence-electron chi connectivity index (χ2n) is 6.23. The third-order valence-corrected chi connectivity index (χ3v) is 4.62. The van der Waals surface area contributed by atoms with Gasteiger partial charge in [0.25, 0.3) is 5.91 Å². The molecule has 1 aliphatic heterocycles. The molecule has 5 nitrogen and oxygen atoms in total. The summed E-state index contributed by atoms with van der Waals surface area (Å²) >= 11 is 0. The van der Waals surface area contributed by atoms with E-state index >= 15 is 0 Å². The minimum Gasteiger partial charge on any atom is -0.380 e. The first-order chi connectivity index (χ1) is 11.2. The van der Waals surface area contributed by atoms with Crippen molar-refractivity contribution in [3.63, 3.8) is 0 Å². The van der Waals surface area contributed by atoms with Crippen molar-refractivity contribution in [1.82, 2.24) is 5.32 Å². The number of nitrogens with one attached hydrogen (secondary N) is 1. The van der Waals surface area contributed by atoms with E-state index in [0.717, 1.165) is 18.6 Å². The molecule has 1 saturated heterocycles. The summed E-state index contributed by atoms with van der Waals surface area (Å²) < 4.78 is 37.7. The molecule has 0 spiro atoms. The van der Waals surface area contributed by atoms with Gasteiger partial charge in [-0.1, -0.05) is 0 Å². The Morgan fingerprint density at radius 1 is 1.25 bits per heavy atom. The van der Waals surface area contributed by atoms with Crippen LogP contribution in [0.2, 0.25) is 0 Å². The fourth-order valence-corrected chi connectivity index (χ4v) is 2.93. The lowest BCUT2D eigenvalue weighted by Crippen LogP contribution is -2.55. The summed E-state index contributed by atoms with van der Waals surface area (Å²) in [4.78, 5) is 25.7. The molecule has 3 rings (SSSR count). The van der Waals surface area contributed by atoms with Gasteiger partial charge in [-0.3, -0.25) is 9.59 Å². The molecule has 1 saturated carbocycles. The van der Waals surface area contributed by atoms with E-state index in [2.05, 4.69) is 5.32 Å². The van der Waals surface area contributed by atoms with Gasteiger partial charge in [0.05, 0.1) is 5.56 Å². The Balaban J connectivity index is 1.66.